The van der Waals surface area contributed by atoms with E-state index in [0.717, 1.165) is 14.2 Å². The molecule has 4 rings (SSSR count). The maximum atomic E-state index is 12.8. The Kier molecular flexibility index (Phi) is 17.2. The molecular formula is C32H54O27. The van der Waals surface area contributed by atoms with Gasteiger partial charge in [-0.3, -0.25) is 0 Å². The minimum absolute atomic E-state index is 0.758. The predicted molar refractivity (Wildman–Crippen MR) is 178 cm³/mol. The van der Waals surface area contributed by atoms with E-state index in [1.54, 1.807) is 0 Å². The van der Waals surface area contributed by atoms with Gasteiger partial charge in [-0.25, -0.2) is 9.59 Å². The van der Waals surface area contributed by atoms with Crippen LogP contribution in [-0.2, 0) is 52.2 Å². The normalized spacial score (nSPS) is 45.3. The Labute approximate surface area is 333 Å². The molecule has 4 aliphatic heterocycles. The molecule has 16 N–H and O–H groups in total. The lowest BCUT2D eigenvalue weighted by atomic mass is 9.88. The van der Waals surface area contributed by atoms with E-state index in [1.807, 2.05) is 0 Å². The van der Waals surface area contributed by atoms with Gasteiger partial charge in [0, 0.05) is 27.1 Å². The van der Waals surface area contributed by atoms with Crippen LogP contribution in [0, 0.1) is 0 Å². The number of methoxy groups -OCH3 is 2. The van der Waals surface area contributed by atoms with Crippen molar-refractivity contribution < 1.29 is 134 Å². The van der Waals surface area contributed by atoms with Crippen molar-refractivity contribution in [3.63, 3.8) is 0 Å². The molecule has 4 fully saturated rings. The SMILES string of the molecule is CO[C@H]1[C@@H](O)[C@@H](CO)O[C@@H](OC[C@@H](O)[C@@H](O)[C@@H]2O[C@](O)(C(=O)O)C[C@H](O[C@]3(C(=O)O)C[C@H](O)[C@@H](O)[C@H]([C@H](O)[C@H](O)CO[C@@H]4O[C@H](CO)[C@H](O)[C@H](OC)[C@H]4O)O3)[C@H]2O)[C@@H]1O. The van der Waals surface area contributed by atoms with Crippen molar-refractivity contribution in [2.45, 2.75) is 147 Å². The fourth-order valence-corrected chi connectivity index (χ4v) is 7.16. The van der Waals surface area contributed by atoms with Crippen molar-refractivity contribution in [1.29, 1.82) is 0 Å². The Balaban J connectivity index is 1.51. The number of aliphatic hydroxyl groups excluding tert-OH is 13. The topological polar surface area (TPSA) is 441 Å². The Morgan fingerprint density at radius 2 is 1.08 bits per heavy atom. The van der Waals surface area contributed by atoms with E-state index in [4.69, 9.17) is 42.6 Å². The third-order valence-electron chi connectivity index (χ3n) is 10.6. The summed E-state index contributed by atoms with van der Waals surface area (Å²) >= 11 is 0. The van der Waals surface area contributed by atoms with Crippen molar-refractivity contribution in [3.05, 3.63) is 0 Å². The van der Waals surface area contributed by atoms with Crippen molar-refractivity contribution >= 4 is 11.9 Å². The molecule has 27 nitrogen and oxygen atoms in total. The highest BCUT2D eigenvalue weighted by Gasteiger charge is 2.61. The van der Waals surface area contributed by atoms with Gasteiger partial charge in [0.1, 0.15) is 97.7 Å². The highest BCUT2D eigenvalue weighted by atomic mass is 16.8. The summed E-state index contributed by atoms with van der Waals surface area (Å²) in [5.74, 6) is -10.9. The van der Waals surface area contributed by atoms with E-state index < -0.39 is 185 Å². The maximum absolute atomic E-state index is 12.8. The lowest BCUT2D eigenvalue weighted by Gasteiger charge is -2.49. The number of aliphatic hydroxyl groups is 14. The van der Waals surface area contributed by atoms with Gasteiger partial charge < -0.3 is 124 Å². The average molecular weight is 871 g/mol. The molecular weight excluding hydrogens is 816 g/mol. The van der Waals surface area contributed by atoms with Crippen molar-refractivity contribution in [3.8, 4) is 0 Å². The predicted octanol–water partition coefficient (Wildman–Crippen LogP) is -10.0. The minimum atomic E-state index is -3.40. The lowest BCUT2D eigenvalue weighted by Crippen LogP contribution is -2.68. The fourth-order valence-electron chi connectivity index (χ4n) is 7.16. The van der Waals surface area contributed by atoms with Gasteiger partial charge in [0.15, 0.2) is 12.6 Å². The van der Waals surface area contributed by atoms with Gasteiger partial charge in [-0.05, 0) is 0 Å². The summed E-state index contributed by atoms with van der Waals surface area (Å²) in [6.45, 7) is -3.50. The number of carbonyl (C=O) groups is 2. The molecule has 0 aromatic heterocycles. The largest absolute Gasteiger partial charge is 0.477 e. The first kappa shape index (κ1) is 49.7. The van der Waals surface area contributed by atoms with Crippen LogP contribution in [0.1, 0.15) is 12.8 Å². The van der Waals surface area contributed by atoms with Crippen molar-refractivity contribution in [1.82, 2.24) is 0 Å². The monoisotopic (exact) mass is 870 g/mol. The minimum Gasteiger partial charge on any atom is -0.477 e. The zero-order valence-corrected chi connectivity index (χ0v) is 31.4. The number of hydrogen-bond acceptors (Lipinski definition) is 25. The quantitative estimate of drug-likeness (QED) is 0.0608. The Morgan fingerprint density at radius 1 is 0.644 bits per heavy atom. The molecule has 0 spiro atoms. The van der Waals surface area contributed by atoms with Gasteiger partial charge in [-0.1, -0.05) is 0 Å². The first-order chi connectivity index (χ1) is 27.6. The summed E-state index contributed by atoms with van der Waals surface area (Å²) in [5.41, 5.74) is 0. The molecule has 4 heterocycles. The van der Waals surface area contributed by atoms with Crippen LogP contribution in [0.4, 0.5) is 0 Å². The Morgan fingerprint density at radius 3 is 1.47 bits per heavy atom. The summed E-state index contributed by atoms with van der Waals surface area (Å²) in [6, 6.07) is 0. The number of carboxylic acids is 2. The highest BCUT2D eigenvalue weighted by Crippen LogP contribution is 2.40. The third-order valence-corrected chi connectivity index (χ3v) is 10.6. The average Bonchev–Trinajstić information content (AvgIpc) is 3.19. The smallest absolute Gasteiger partial charge is 0.364 e. The van der Waals surface area contributed by atoms with Crippen LogP contribution in [0.3, 0.4) is 0 Å². The van der Waals surface area contributed by atoms with Crippen LogP contribution in [0.25, 0.3) is 0 Å². The van der Waals surface area contributed by atoms with Crippen LogP contribution in [-0.4, -0.2) is 268 Å². The number of ether oxygens (including phenoxy) is 9. The zero-order valence-electron chi connectivity index (χ0n) is 31.4. The molecule has 4 aliphatic rings. The van der Waals surface area contributed by atoms with Gasteiger partial charge in [0.05, 0.1) is 38.6 Å². The van der Waals surface area contributed by atoms with Gasteiger partial charge in [0.2, 0.25) is 0 Å². The fraction of sp³-hybridized carbons (Fsp3) is 0.938. The summed E-state index contributed by atoms with van der Waals surface area (Å²) in [7, 11) is 2.24. The van der Waals surface area contributed by atoms with E-state index in [9.17, 15) is 91.3 Å². The second kappa shape index (κ2) is 20.5. The number of hydrogen-bond donors (Lipinski definition) is 16. The standard InChI is InChI=1S/C32H54O27/c1-51-23-19(42)13(5-33)55-27(21(23)44)53-7-10(36)16(39)25-15(38)9(35)3-32(59-25,30(48)49)57-12-4-31(50,29(46)47)58-26(18(12)41)17(40)11(37)8-54-28-22(45)24(52-2)20(43)14(6-34)56-28/h9-28,33-45,50H,3-8H2,1-2H3,(H,46,47)(H,48,49)/t9-,10+,11+,12-,13+,14+,15+,16+,17+,18+,19-,20-,21+,22+,23-,24-,25+,26-,27+,28+,31-,32+/m0/s1. The molecule has 0 unspecified atom stereocenters. The van der Waals surface area contributed by atoms with Crippen molar-refractivity contribution in [2.24, 2.45) is 0 Å². The molecule has 4 saturated heterocycles. The second-order valence-corrected chi connectivity index (χ2v) is 14.5. The molecule has 0 aromatic rings. The molecule has 0 radical (unpaired) electrons. The Bertz CT molecular complexity index is 1360. The van der Waals surface area contributed by atoms with Crippen LogP contribution in [0.15, 0.2) is 0 Å². The van der Waals surface area contributed by atoms with E-state index in [-0.39, 0.29) is 0 Å². The maximum Gasteiger partial charge on any atom is 0.364 e. The summed E-state index contributed by atoms with van der Waals surface area (Å²) in [6.07, 6.45) is -40.5. The molecule has 0 saturated carbocycles. The third kappa shape index (κ3) is 10.5. The van der Waals surface area contributed by atoms with Crippen LogP contribution in [0.5, 0.6) is 0 Å². The number of rotatable bonds is 18. The van der Waals surface area contributed by atoms with E-state index in [2.05, 4.69) is 0 Å². The van der Waals surface area contributed by atoms with Crippen LogP contribution >= 0.6 is 0 Å². The molecule has 0 amide bonds. The summed E-state index contributed by atoms with van der Waals surface area (Å²) < 4.78 is 47.1. The first-order valence-corrected chi connectivity index (χ1v) is 18.1. The molecule has 0 aliphatic carbocycles. The lowest BCUT2D eigenvalue weighted by molar-refractivity contribution is -0.373. The molecule has 59 heavy (non-hydrogen) atoms. The molecule has 0 aromatic carbocycles. The van der Waals surface area contributed by atoms with Gasteiger partial charge in [-0.2, -0.15) is 0 Å². The summed E-state index contributed by atoms with van der Waals surface area (Å²) in [5, 5.41) is 168. The van der Waals surface area contributed by atoms with Gasteiger partial charge in [0.25, 0.3) is 11.6 Å². The Hall–Kier alpha value is -1.98. The summed E-state index contributed by atoms with van der Waals surface area (Å²) in [4.78, 5) is 24.9. The zero-order chi connectivity index (χ0) is 44.3. The second-order valence-electron chi connectivity index (χ2n) is 14.5. The van der Waals surface area contributed by atoms with E-state index in [1.165, 1.54) is 0 Å². The number of aliphatic carboxylic acids is 2. The van der Waals surface area contributed by atoms with Crippen molar-refractivity contribution in [2.75, 3.05) is 40.6 Å². The van der Waals surface area contributed by atoms with Gasteiger partial charge in [-0.15, -0.1) is 0 Å². The molecule has 22 atom stereocenters. The van der Waals surface area contributed by atoms with Crippen LogP contribution < -0.4 is 0 Å². The van der Waals surface area contributed by atoms with Gasteiger partial charge >= 0.3 is 11.9 Å². The first-order valence-electron chi connectivity index (χ1n) is 18.1. The van der Waals surface area contributed by atoms with E-state index in [0.29, 0.717) is 0 Å². The highest BCUT2D eigenvalue weighted by molar-refractivity contribution is 5.76. The molecule has 27 heteroatoms. The number of carboxylic acid groups (broad SMARTS) is 2. The molecule has 0 bridgehead atoms. The van der Waals surface area contributed by atoms with Crippen LogP contribution in [0.2, 0.25) is 0 Å². The molecule has 344 valence electrons. The van der Waals surface area contributed by atoms with E-state index >= 15 is 0 Å².